The second kappa shape index (κ2) is 5.92. The Labute approximate surface area is 122 Å². The number of ether oxygens (including phenoxy) is 1. The summed E-state index contributed by atoms with van der Waals surface area (Å²) >= 11 is 0. The van der Waals surface area contributed by atoms with Crippen LogP contribution in [0.5, 0.6) is 0 Å². The first-order valence-corrected chi connectivity index (χ1v) is 8.03. The van der Waals surface area contributed by atoms with E-state index in [1.165, 1.54) is 6.07 Å². The predicted octanol–water partition coefficient (Wildman–Crippen LogP) is 2.88. The topological polar surface area (TPSA) is 38.3 Å². The molecule has 20 heavy (non-hydrogen) atoms. The molecule has 1 fully saturated rings. The summed E-state index contributed by atoms with van der Waals surface area (Å²) in [5.41, 5.74) is -0.0252. The Morgan fingerprint density at radius 1 is 1.25 bits per heavy atom. The first-order chi connectivity index (χ1) is 9.35. The van der Waals surface area contributed by atoms with Gasteiger partial charge in [0, 0.05) is 18.8 Å². The molecule has 1 atom stereocenters. The Balaban J connectivity index is 2.36. The molecule has 0 spiro atoms. The van der Waals surface area contributed by atoms with Crippen LogP contribution in [0, 0.1) is 5.82 Å². The van der Waals surface area contributed by atoms with E-state index in [9.17, 15) is 8.60 Å². The summed E-state index contributed by atoms with van der Waals surface area (Å²) in [5, 5.41) is 0. The number of benzene rings is 1. The monoisotopic (exact) mass is 299 g/mol. The van der Waals surface area contributed by atoms with Crippen molar-refractivity contribution in [1.29, 1.82) is 0 Å². The van der Waals surface area contributed by atoms with Crippen LogP contribution in [0.1, 0.15) is 39.2 Å². The molecule has 3 nitrogen and oxygen atoms in total. The number of nitrogens with one attached hydrogen (secondary N) is 1. The molecule has 2 rings (SSSR count). The van der Waals surface area contributed by atoms with Crippen molar-refractivity contribution in [2.45, 2.75) is 43.9 Å². The average Bonchev–Trinajstić information content (AvgIpc) is 2.39. The zero-order valence-electron chi connectivity index (χ0n) is 12.2. The first-order valence-electron chi connectivity index (χ1n) is 6.88. The minimum Gasteiger partial charge on any atom is -0.381 e. The van der Waals surface area contributed by atoms with Gasteiger partial charge in [-0.15, -0.1) is 0 Å². The van der Waals surface area contributed by atoms with E-state index in [2.05, 4.69) is 4.72 Å². The average molecular weight is 299 g/mol. The third-order valence-corrected chi connectivity index (χ3v) is 5.27. The highest BCUT2D eigenvalue weighted by atomic mass is 32.2. The van der Waals surface area contributed by atoms with Gasteiger partial charge in [0.1, 0.15) is 5.82 Å². The largest absolute Gasteiger partial charge is 0.381 e. The molecular formula is C15H22FNO2S. The standard InChI is InChI=1S/C15H22FNO2S/c1-14(2,3)20(18)17-15(8-10-19-11-9-15)12-6-4-5-7-13(12)16/h4-7,17H,8-11H2,1-3H3. The quantitative estimate of drug-likeness (QED) is 0.932. The van der Waals surface area contributed by atoms with E-state index in [-0.39, 0.29) is 5.82 Å². The van der Waals surface area contributed by atoms with Crippen LogP contribution < -0.4 is 4.72 Å². The Bertz CT molecular complexity index is 493. The van der Waals surface area contributed by atoms with E-state index in [4.69, 9.17) is 4.74 Å². The minimum atomic E-state index is -1.26. The Morgan fingerprint density at radius 2 is 1.85 bits per heavy atom. The zero-order valence-corrected chi connectivity index (χ0v) is 13.1. The summed E-state index contributed by atoms with van der Waals surface area (Å²) in [6, 6.07) is 6.71. The lowest BCUT2D eigenvalue weighted by Crippen LogP contribution is -2.51. The van der Waals surface area contributed by atoms with Crippen molar-refractivity contribution < 1.29 is 13.3 Å². The molecule has 1 aliphatic heterocycles. The van der Waals surface area contributed by atoms with Gasteiger partial charge in [-0.05, 0) is 39.7 Å². The Hall–Kier alpha value is -0.780. The van der Waals surface area contributed by atoms with Gasteiger partial charge in [0.2, 0.25) is 0 Å². The van der Waals surface area contributed by atoms with Crippen LogP contribution in [0.2, 0.25) is 0 Å². The SMILES string of the molecule is CC(C)(C)S(=O)NC1(c2ccccc2F)CCOCC1. The molecule has 1 aliphatic rings. The molecule has 5 heteroatoms. The van der Waals surface area contributed by atoms with Crippen LogP contribution in [-0.2, 0) is 21.3 Å². The van der Waals surface area contributed by atoms with E-state index in [1.807, 2.05) is 26.8 Å². The Morgan fingerprint density at radius 3 is 2.40 bits per heavy atom. The molecule has 0 radical (unpaired) electrons. The van der Waals surface area contributed by atoms with Gasteiger partial charge in [-0.25, -0.2) is 13.3 Å². The highest BCUT2D eigenvalue weighted by Gasteiger charge is 2.39. The summed E-state index contributed by atoms with van der Waals surface area (Å²) in [4.78, 5) is 0. The maximum atomic E-state index is 14.2. The second-order valence-corrected chi connectivity index (χ2v) is 8.12. The first kappa shape index (κ1) is 15.6. The van der Waals surface area contributed by atoms with Gasteiger partial charge in [-0.2, -0.15) is 0 Å². The lowest BCUT2D eigenvalue weighted by Gasteiger charge is -2.39. The molecule has 0 saturated carbocycles. The van der Waals surface area contributed by atoms with Gasteiger partial charge >= 0.3 is 0 Å². The van der Waals surface area contributed by atoms with Crippen LogP contribution in [0.15, 0.2) is 24.3 Å². The molecule has 0 amide bonds. The van der Waals surface area contributed by atoms with Gasteiger partial charge < -0.3 is 4.74 Å². The van der Waals surface area contributed by atoms with Gasteiger partial charge in [-0.3, -0.25) is 0 Å². The summed E-state index contributed by atoms with van der Waals surface area (Å²) in [6.07, 6.45) is 1.24. The van der Waals surface area contributed by atoms with Gasteiger partial charge in [0.15, 0.2) is 0 Å². The number of halogens is 1. The molecule has 1 saturated heterocycles. The van der Waals surface area contributed by atoms with Crippen LogP contribution in [-0.4, -0.2) is 22.2 Å². The van der Waals surface area contributed by atoms with E-state index >= 15 is 0 Å². The van der Waals surface area contributed by atoms with E-state index < -0.39 is 21.3 Å². The second-order valence-electron chi connectivity index (χ2n) is 6.16. The predicted molar refractivity (Wildman–Crippen MR) is 79.2 cm³/mol. The fraction of sp³-hybridized carbons (Fsp3) is 0.600. The van der Waals surface area contributed by atoms with E-state index in [0.29, 0.717) is 31.6 Å². The fourth-order valence-corrected chi connectivity index (χ4v) is 3.30. The van der Waals surface area contributed by atoms with Crippen molar-refractivity contribution in [2.24, 2.45) is 0 Å². The molecule has 1 N–H and O–H groups in total. The van der Waals surface area contributed by atoms with Crippen LogP contribution in [0.3, 0.4) is 0 Å². The molecular weight excluding hydrogens is 277 g/mol. The van der Waals surface area contributed by atoms with Crippen molar-refractivity contribution in [2.75, 3.05) is 13.2 Å². The van der Waals surface area contributed by atoms with E-state index in [0.717, 1.165) is 0 Å². The van der Waals surface area contributed by atoms with Crippen molar-refractivity contribution in [3.8, 4) is 0 Å². The molecule has 0 bridgehead atoms. The van der Waals surface area contributed by atoms with Gasteiger partial charge in [0.25, 0.3) is 0 Å². The van der Waals surface area contributed by atoms with Crippen LogP contribution in [0.4, 0.5) is 4.39 Å². The minimum absolute atomic E-state index is 0.257. The maximum Gasteiger partial charge on any atom is 0.128 e. The molecule has 112 valence electrons. The number of rotatable bonds is 3. The number of hydrogen-bond donors (Lipinski definition) is 1. The molecule has 0 aliphatic carbocycles. The van der Waals surface area contributed by atoms with Crippen LogP contribution in [0.25, 0.3) is 0 Å². The lowest BCUT2D eigenvalue weighted by molar-refractivity contribution is 0.0450. The molecule has 1 heterocycles. The van der Waals surface area contributed by atoms with Crippen LogP contribution >= 0.6 is 0 Å². The fourth-order valence-electron chi connectivity index (χ4n) is 2.33. The molecule has 0 aromatic heterocycles. The Kier molecular flexibility index (Phi) is 4.62. The van der Waals surface area contributed by atoms with Gasteiger partial charge in [-0.1, -0.05) is 18.2 Å². The zero-order chi connectivity index (χ0) is 14.8. The smallest absolute Gasteiger partial charge is 0.128 e. The third-order valence-electron chi connectivity index (χ3n) is 3.58. The normalized spacial score (nSPS) is 20.6. The summed E-state index contributed by atoms with van der Waals surface area (Å²) in [7, 11) is -1.26. The highest BCUT2D eigenvalue weighted by molar-refractivity contribution is 7.84. The van der Waals surface area contributed by atoms with E-state index in [1.54, 1.807) is 12.1 Å². The number of hydrogen-bond acceptors (Lipinski definition) is 2. The summed E-state index contributed by atoms with van der Waals surface area (Å²) < 4.78 is 34.8. The summed E-state index contributed by atoms with van der Waals surface area (Å²) in [5.74, 6) is -0.257. The molecule has 1 aromatic rings. The van der Waals surface area contributed by atoms with Crippen molar-refractivity contribution in [3.63, 3.8) is 0 Å². The molecule has 1 unspecified atom stereocenters. The maximum absolute atomic E-state index is 14.2. The lowest BCUT2D eigenvalue weighted by atomic mass is 9.83. The summed E-state index contributed by atoms with van der Waals surface area (Å²) in [6.45, 7) is 6.81. The third kappa shape index (κ3) is 3.27. The van der Waals surface area contributed by atoms with Gasteiger partial charge in [0.05, 0.1) is 21.3 Å². The molecule has 1 aromatic carbocycles. The highest BCUT2D eigenvalue weighted by Crippen LogP contribution is 2.35. The van der Waals surface area contributed by atoms with Crippen molar-refractivity contribution >= 4 is 11.0 Å². The van der Waals surface area contributed by atoms with Crippen molar-refractivity contribution in [3.05, 3.63) is 35.6 Å². The van der Waals surface area contributed by atoms with Crippen molar-refractivity contribution in [1.82, 2.24) is 4.72 Å².